The van der Waals surface area contributed by atoms with Gasteiger partial charge in [0.05, 0.1) is 36.7 Å². The Morgan fingerprint density at radius 2 is 1.69 bits per heavy atom. The molecule has 0 aliphatic heterocycles. The number of amides is 2. The van der Waals surface area contributed by atoms with Crippen LogP contribution >= 0.6 is 79.4 Å². The van der Waals surface area contributed by atoms with Crippen molar-refractivity contribution in [1.29, 1.82) is 0 Å². The highest BCUT2D eigenvalue weighted by Crippen LogP contribution is 2.37. The molecule has 0 saturated heterocycles. The van der Waals surface area contributed by atoms with Crippen molar-refractivity contribution in [3.8, 4) is 0 Å². The molecule has 2 amide bonds. The zero-order valence-electron chi connectivity index (χ0n) is 15.1. The lowest BCUT2D eigenvalue weighted by Crippen LogP contribution is -2.37. The van der Waals surface area contributed by atoms with Gasteiger partial charge in [-0.05, 0) is 79.4 Å². The fourth-order valence-corrected chi connectivity index (χ4v) is 7.02. The molecule has 1 rings (SSSR count). The number of likely N-dealkylation sites (N-methyl/N-ethyl adjacent to an activating group) is 1. The molecular formula is C16H16ClI3N2O7. The highest BCUT2D eigenvalue weighted by Gasteiger charge is 2.29. The van der Waals surface area contributed by atoms with E-state index in [1.54, 1.807) is 0 Å². The number of benzene rings is 1. The van der Waals surface area contributed by atoms with Gasteiger partial charge in [0.1, 0.15) is 0 Å². The standard InChI is InChI=1S/C16H16ClI3N2O7/c1-6(24)29-5-8(26)21-14-12(19)9(15(17)27)11(18)10(13(14)20)16(28)22(2)3-7(25)4-23/h7,23,25H,3-5H2,1-2H3,(H,21,26). The number of carbonyl (C=O) groups is 4. The molecule has 1 unspecified atom stereocenters. The molecule has 3 N–H and O–H groups in total. The molecule has 0 spiro atoms. The van der Waals surface area contributed by atoms with Gasteiger partial charge in [0.15, 0.2) is 6.61 Å². The van der Waals surface area contributed by atoms with Crippen LogP contribution in [0.5, 0.6) is 0 Å². The molecule has 160 valence electrons. The van der Waals surface area contributed by atoms with Gasteiger partial charge in [-0.1, -0.05) is 0 Å². The van der Waals surface area contributed by atoms with Crippen LogP contribution in [0, 0.1) is 10.7 Å². The highest BCUT2D eigenvalue weighted by atomic mass is 127. The van der Waals surface area contributed by atoms with Crippen LogP contribution < -0.4 is 5.32 Å². The van der Waals surface area contributed by atoms with Crippen LogP contribution in [0.15, 0.2) is 0 Å². The number of aliphatic hydroxyl groups excluding tert-OH is 2. The summed E-state index contributed by atoms with van der Waals surface area (Å²) >= 11 is 11.2. The topological polar surface area (TPSA) is 133 Å². The minimum absolute atomic E-state index is 0.0375. The molecule has 29 heavy (non-hydrogen) atoms. The number of halogens is 4. The molecule has 0 heterocycles. The van der Waals surface area contributed by atoms with E-state index in [9.17, 15) is 24.3 Å². The van der Waals surface area contributed by atoms with E-state index < -0.39 is 42.3 Å². The first-order valence-electron chi connectivity index (χ1n) is 7.80. The van der Waals surface area contributed by atoms with E-state index in [0.717, 1.165) is 6.92 Å². The predicted molar refractivity (Wildman–Crippen MR) is 130 cm³/mol. The molecule has 1 aromatic rings. The second-order valence-corrected chi connectivity index (χ2v) is 9.27. The zero-order valence-corrected chi connectivity index (χ0v) is 22.3. The van der Waals surface area contributed by atoms with Crippen molar-refractivity contribution >= 4 is 108 Å². The van der Waals surface area contributed by atoms with Crippen molar-refractivity contribution in [2.45, 2.75) is 13.0 Å². The van der Waals surface area contributed by atoms with E-state index in [0.29, 0.717) is 7.14 Å². The first-order valence-corrected chi connectivity index (χ1v) is 11.4. The minimum Gasteiger partial charge on any atom is -0.456 e. The monoisotopic (exact) mass is 764 g/mol. The molecule has 0 aromatic heterocycles. The summed E-state index contributed by atoms with van der Waals surface area (Å²) in [5, 5.41) is 20.3. The second kappa shape index (κ2) is 11.9. The molecule has 0 saturated carbocycles. The average Bonchev–Trinajstić information content (AvgIpc) is 2.62. The fourth-order valence-electron chi connectivity index (χ4n) is 2.12. The number of rotatable bonds is 8. The molecule has 0 radical (unpaired) electrons. The van der Waals surface area contributed by atoms with E-state index in [1.165, 1.54) is 11.9 Å². The van der Waals surface area contributed by atoms with Gasteiger partial charge in [-0.15, -0.1) is 0 Å². The zero-order chi connectivity index (χ0) is 22.5. The summed E-state index contributed by atoms with van der Waals surface area (Å²) in [5.41, 5.74) is 0.314. The fraction of sp³-hybridized carbons (Fsp3) is 0.375. The van der Waals surface area contributed by atoms with Gasteiger partial charge in [0.25, 0.3) is 17.1 Å². The van der Waals surface area contributed by atoms with Crippen molar-refractivity contribution in [2.24, 2.45) is 0 Å². The third kappa shape index (κ3) is 7.12. The number of aliphatic hydroxyl groups is 2. The van der Waals surface area contributed by atoms with Gasteiger partial charge in [-0.3, -0.25) is 19.2 Å². The van der Waals surface area contributed by atoms with E-state index in [2.05, 4.69) is 10.1 Å². The molecule has 1 aromatic carbocycles. The number of nitrogens with zero attached hydrogens (tertiary/aromatic N) is 1. The van der Waals surface area contributed by atoms with Crippen molar-refractivity contribution < 1.29 is 34.1 Å². The van der Waals surface area contributed by atoms with Crippen molar-refractivity contribution in [3.05, 3.63) is 21.8 Å². The normalized spacial score (nSPS) is 11.6. The SMILES string of the molecule is CC(=O)OCC(=O)Nc1c(I)c(C(=O)Cl)c(I)c(C(=O)N(C)CC(O)CO)c1I. The van der Waals surface area contributed by atoms with Gasteiger partial charge >= 0.3 is 5.97 Å². The van der Waals surface area contributed by atoms with Crippen LogP contribution in [0.1, 0.15) is 27.6 Å². The minimum atomic E-state index is -1.14. The Labute approximate surface area is 212 Å². The summed E-state index contributed by atoms with van der Waals surface area (Å²) < 4.78 is 5.59. The smallest absolute Gasteiger partial charge is 0.303 e. The number of hydrogen-bond donors (Lipinski definition) is 3. The molecule has 13 heteroatoms. The van der Waals surface area contributed by atoms with Gasteiger partial charge in [0.2, 0.25) is 0 Å². The number of nitrogens with one attached hydrogen (secondary N) is 1. The maximum atomic E-state index is 13.0. The van der Waals surface area contributed by atoms with Crippen molar-refractivity contribution in [3.63, 3.8) is 0 Å². The summed E-state index contributed by atoms with van der Waals surface area (Å²) in [5.74, 6) is -1.84. The number of anilines is 1. The lowest BCUT2D eigenvalue weighted by atomic mass is 10.1. The van der Waals surface area contributed by atoms with E-state index >= 15 is 0 Å². The number of hydrogen-bond acceptors (Lipinski definition) is 7. The Hall–Kier alpha value is -0.300. The van der Waals surface area contributed by atoms with Gasteiger partial charge in [-0.25, -0.2) is 0 Å². The number of carbonyl (C=O) groups excluding carboxylic acids is 4. The maximum Gasteiger partial charge on any atom is 0.303 e. The van der Waals surface area contributed by atoms with Gasteiger partial charge < -0.3 is 25.2 Å². The van der Waals surface area contributed by atoms with Crippen LogP contribution in [0.2, 0.25) is 0 Å². The first-order chi connectivity index (χ1) is 13.4. The number of ether oxygens (including phenoxy) is 1. The van der Waals surface area contributed by atoms with Gasteiger partial charge in [0, 0.05) is 24.1 Å². The lowest BCUT2D eigenvalue weighted by molar-refractivity contribution is -0.144. The van der Waals surface area contributed by atoms with Crippen LogP contribution in [0.3, 0.4) is 0 Å². The highest BCUT2D eigenvalue weighted by molar-refractivity contribution is 14.1. The molecule has 0 bridgehead atoms. The van der Waals surface area contributed by atoms with Crippen molar-refractivity contribution in [1.82, 2.24) is 4.90 Å². The number of esters is 1. The summed E-state index contributed by atoms with van der Waals surface area (Å²) in [7, 11) is 1.42. The summed E-state index contributed by atoms with van der Waals surface area (Å²) in [4.78, 5) is 49.1. The van der Waals surface area contributed by atoms with Crippen LogP contribution in [-0.4, -0.2) is 71.0 Å². The first kappa shape index (κ1) is 26.7. The largest absolute Gasteiger partial charge is 0.456 e. The third-order valence-corrected chi connectivity index (χ3v) is 6.87. The molecule has 9 nitrogen and oxygen atoms in total. The van der Waals surface area contributed by atoms with Crippen LogP contribution in [0.25, 0.3) is 0 Å². The summed E-state index contributed by atoms with van der Waals surface area (Å²) in [6.07, 6.45) is -1.14. The average molecular weight is 764 g/mol. The second-order valence-electron chi connectivity index (χ2n) is 5.69. The molecule has 0 aliphatic carbocycles. The Morgan fingerprint density at radius 1 is 1.14 bits per heavy atom. The Bertz CT molecular complexity index is 851. The summed E-state index contributed by atoms with van der Waals surface area (Å²) in [6.45, 7) is -0.0556. The van der Waals surface area contributed by atoms with Gasteiger partial charge in [-0.2, -0.15) is 0 Å². The quantitative estimate of drug-likeness (QED) is 0.209. The Morgan fingerprint density at radius 3 is 2.17 bits per heavy atom. The predicted octanol–water partition coefficient (Wildman–Crippen LogP) is 1.81. The van der Waals surface area contributed by atoms with E-state index in [-0.39, 0.29) is 26.9 Å². The van der Waals surface area contributed by atoms with Crippen LogP contribution in [-0.2, 0) is 14.3 Å². The molecular weight excluding hydrogens is 748 g/mol. The third-order valence-electron chi connectivity index (χ3n) is 3.44. The van der Waals surface area contributed by atoms with Crippen molar-refractivity contribution in [2.75, 3.05) is 32.1 Å². The Kier molecular flexibility index (Phi) is 11.0. The molecule has 0 aliphatic rings. The van der Waals surface area contributed by atoms with E-state index in [4.69, 9.17) is 16.7 Å². The Balaban J connectivity index is 3.48. The van der Waals surface area contributed by atoms with E-state index in [1.807, 2.05) is 67.8 Å². The molecule has 0 fully saturated rings. The molecule has 1 atom stereocenters. The summed E-state index contributed by atoms with van der Waals surface area (Å²) in [6, 6.07) is 0. The lowest BCUT2D eigenvalue weighted by Gasteiger charge is -2.23. The van der Waals surface area contributed by atoms with Crippen LogP contribution in [0.4, 0.5) is 5.69 Å². The maximum absolute atomic E-state index is 13.0.